The van der Waals surface area contributed by atoms with Crippen LogP contribution in [-0.4, -0.2) is 9.13 Å². The third-order valence-electron chi connectivity index (χ3n) is 13.5. The number of hydrogen-bond acceptors (Lipinski definition) is 3. The predicted molar refractivity (Wildman–Crippen MR) is 278 cm³/mol. The van der Waals surface area contributed by atoms with Crippen molar-refractivity contribution in [3.8, 4) is 33.6 Å². The molecule has 0 fully saturated rings. The van der Waals surface area contributed by atoms with Crippen LogP contribution in [0.25, 0.3) is 110 Å². The Balaban J connectivity index is 0.914. The molecule has 314 valence electrons. The van der Waals surface area contributed by atoms with Gasteiger partial charge in [-0.2, -0.15) is 0 Å². The second kappa shape index (κ2) is 14.7. The summed E-state index contributed by atoms with van der Waals surface area (Å²) in [7, 11) is 0. The molecule has 14 aromatic rings. The topological polar surface area (TPSA) is 39.4 Å². The van der Waals surface area contributed by atoms with Crippen LogP contribution in [0.1, 0.15) is 0 Å². The number of furan rings is 2. The summed E-state index contributed by atoms with van der Waals surface area (Å²) in [5.74, 6) is 0. The first-order valence-corrected chi connectivity index (χ1v) is 22.7. The van der Waals surface area contributed by atoms with E-state index in [9.17, 15) is 0 Å². The van der Waals surface area contributed by atoms with E-state index in [1.54, 1.807) is 0 Å². The molecule has 0 saturated carbocycles. The second-order valence-corrected chi connectivity index (χ2v) is 17.3. The molecule has 0 N–H and O–H groups in total. The lowest BCUT2D eigenvalue weighted by molar-refractivity contribution is 0.669. The molecule has 67 heavy (non-hydrogen) atoms. The summed E-state index contributed by atoms with van der Waals surface area (Å²) in [5, 5.41) is 8.09. The summed E-state index contributed by atoms with van der Waals surface area (Å²) in [6.07, 6.45) is 0. The number of benzene rings is 10. The zero-order chi connectivity index (χ0) is 44.0. The highest BCUT2D eigenvalue weighted by Crippen LogP contribution is 2.44. The minimum absolute atomic E-state index is 0.843. The molecular formula is C62H39N3O2. The van der Waals surface area contributed by atoms with Gasteiger partial charge in [0.2, 0.25) is 0 Å². The monoisotopic (exact) mass is 857 g/mol. The summed E-state index contributed by atoms with van der Waals surface area (Å²) < 4.78 is 17.7. The maximum absolute atomic E-state index is 6.44. The Morgan fingerprint density at radius 1 is 0.284 bits per heavy atom. The van der Waals surface area contributed by atoms with E-state index in [1.807, 2.05) is 24.3 Å². The molecule has 10 aromatic carbocycles. The van der Waals surface area contributed by atoms with Gasteiger partial charge in [0.1, 0.15) is 28.0 Å². The van der Waals surface area contributed by atoms with Crippen molar-refractivity contribution >= 4 is 93.8 Å². The van der Waals surface area contributed by atoms with E-state index >= 15 is 0 Å². The summed E-state index contributed by atoms with van der Waals surface area (Å²) in [6, 6.07) is 84.5. The zero-order valence-electron chi connectivity index (χ0n) is 36.2. The van der Waals surface area contributed by atoms with Crippen molar-refractivity contribution in [1.29, 1.82) is 0 Å². The van der Waals surface area contributed by atoms with E-state index in [4.69, 9.17) is 8.83 Å². The highest BCUT2D eigenvalue weighted by molar-refractivity contribution is 6.23. The van der Waals surface area contributed by atoms with Crippen molar-refractivity contribution in [3.05, 3.63) is 237 Å². The SMILES string of the molecule is c1ccc(-n2c3ccccc3c3c4cc(-c5cccc(-c6cccc(N(c7ccc8c(c7)oc7ccccc78)c7ccc8c(c7)oc7ccccc78)c6)c5)ccc4n(-c4ccccc4)c32)cc1. The molecular weight excluding hydrogens is 819 g/mol. The molecule has 0 atom stereocenters. The third-order valence-corrected chi connectivity index (χ3v) is 13.5. The molecule has 0 unspecified atom stereocenters. The Hall–Kier alpha value is -9.06. The Morgan fingerprint density at radius 3 is 1.36 bits per heavy atom. The Morgan fingerprint density at radius 2 is 0.746 bits per heavy atom. The van der Waals surface area contributed by atoms with Crippen molar-refractivity contribution < 1.29 is 8.83 Å². The first-order valence-electron chi connectivity index (χ1n) is 22.7. The molecule has 4 aromatic heterocycles. The third kappa shape index (κ3) is 5.88. The quantitative estimate of drug-likeness (QED) is 0.160. The van der Waals surface area contributed by atoms with Crippen LogP contribution in [0.5, 0.6) is 0 Å². The number of rotatable bonds is 7. The van der Waals surface area contributed by atoms with Crippen LogP contribution in [0.3, 0.4) is 0 Å². The van der Waals surface area contributed by atoms with Gasteiger partial charge in [0, 0.05) is 78.3 Å². The van der Waals surface area contributed by atoms with E-state index in [0.717, 1.165) is 100 Å². The number of hydrogen-bond donors (Lipinski definition) is 0. The highest BCUT2D eigenvalue weighted by Gasteiger charge is 2.23. The van der Waals surface area contributed by atoms with Gasteiger partial charge in [-0.3, -0.25) is 9.13 Å². The molecule has 4 heterocycles. The molecule has 5 nitrogen and oxygen atoms in total. The van der Waals surface area contributed by atoms with Crippen LogP contribution < -0.4 is 4.90 Å². The maximum Gasteiger partial charge on any atom is 0.137 e. The molecule has 0 spiro atoms. The number of fused-ring (bicyclic) bond motifs is 11. The van der Waals surface area contributed by atoms with Gasteiger partial charge in [-0.25, -0.2) is 0 Å². The Labute approximate surface area is 385 Å². The van der Waals surface area contributed by atoms with Gasteiger partial charge in [-0.05, 0) is 119 Å². The molecule has 5 heteroatoms. The van der Waals surface area contributed by atoms with E-state index in [2.05, 4.69) is 226 Å². The van der Waals surface area contributed by atoms with Crippen LogP contribution in [0.15, 0.2) is 245 Å². The van der Waals surface area contributed by atoms with E-state index in [0.29, 0.717) is 0 Å². The minimum Gasteiger partial charge on any atom is -0.456 e. The van der Waals surface area contributed by atoms with Crippen molar-refractivity contribution in [3.63, 3.8) is 0 Å². The maximum atomic E-state index is 6.44. The second-order valence-electron chi connectivity index (χ2n) is 17.3. The Bertz CT molecular complexity index is 4110. The van der Waals surface area contributed by atoms with Crippen LogP contribution in [0.2, 0.25) is 0 Å². The van der Waals surface area contributed by atoms with Crippen molar-refractivity contribution in [1.82, 2.24) is 9.13 Å². The zero-order valence-corrected chi connectivity index (χ0v) is 36.2. The first kappa shape index (κ1) is 37.3. The van der Waals surface area contributed by atoms with Crippen molar-refractivity contribution in [2.45, 2.75) is 0 Å². The van der Waals surface area contributed by atoms with Crippen LogP contribution in [-0.2, 0) is 0 Å². The predicted octanol–water partition coefficient (Wildman–Crippen LogP) is 17.3. The highest BCUT2D eigenvalue weighted by atomic mass is 16.3. The summed E-state index contributed by atoms with van der Waals surface area (Å²) in [5.41, 5.74) is 16.8. The fourth-order valence-electron chi connectivity index (χ4n) is 10.5. The molecule has 0 bridgehead atoms. The molecule has 0 aliphatic rings. The minimum atomic E-state index is 0.843. The van der Waals surface area contributed by atoms with Crippen molar-refractivity contribution in [2.24, 2.45) is 0 Å². The fourth-order valence-corrected chi connectivity index (χ4v) is 10.5. The van der Waals surface area contributed by atoms with E-state index in [1.165, 1.54) is 27.2 Å². The van der Waals surface area contributed by atoms with Crippen LogP contribution in [0, 0.1) is 0 Å². The molecule has 14 rings (SSSR count). The van der Waals surface area contributed by atoms with Crippen LogP contribution >= 0.6 is 0 Å². The number of anilines is 3. The van der Waals surface area contributed by atoms with Gasteiger partial charge in [0.25, 0.3) is 0 Å². The van der Waals surface area contributed by atoms with Gasteiger partial charge >= 0.3 is 0 Å². The van der Waals surface area contributed by atoms with Crippen molar-refractivity contribution in [2.75, 3.05) is 4.90 Å². The molecule has 0 aliphatic carbocycles. The summed E-state index contributed by atoms with van der Waals surface area (Å²) in [4.78, 5) is 2.30. The summed E-state index contributed by atoms with van der Waals surface area (Å²) in [6.45, 7) is 0. The summed E-state index contributed by atoms with van der Waals surface area (Å²) >= 11 is 0. The lowest BCUT2D eigenvalue weighted by Crippen LogP contribution is -2.09. The molecule has 0 saturated heterocycles. The lowest BCUT2D eigenvalue weighted by Gasteiger charge is -2.26. The Kier molecular flexibility index (Phi) is 8.21. The number of para-hydroxylation sites is 5. The van der Waals surface area contributed by atoms with E-state index < -0.39 is 0 Å². The van der Waals surface area contributed by atoms with E-state index in [-0.39, 0.29) is 0 Å². The molecule has 0 amide bonds. The number of nitrogens with zero attached hydrogens (tertiary/aromatic N) is 3. The van der Waals surface area contributed by atoms with Gasteiger partial charge in [0.05, 0.1) is 11.0 Å². The average Bonchev–Trinajstić information content (AvgIpc) is 4.14. The van der Waals surface area contributed by atoms with Gasteiger partial charge in [0.15, 0.2) is 0 Å². The van der Waals surface area contributed by atoms with Crippen LogP contribution in [0.4, 0.5) is 17.1 Å². The normalized spacial score (nSPS) is 11.9. The first-order chi connectivity index (χ1) is 33.2. The van der Waals surface area contributed by atoms with Gasteiger partial charge < -0.3 is 13.7 Å². The molecule has 0 aliphatic heterocycles. The standard InChI is InChI=1S/C62H39N3O2/c1-3-18-44(19-4-1)64-55-26-10-7-25-53(55)61-54-37-43(29-34-56(54)65(62(61)64)45-20-5-2-6-21-45)41-16-13-15-40(35-41)42-17-14-22-46(36-42)63(47-30-32-51-49-23-8-11-27-57(49)66-59(51)38-47)48-31-33-52-50-24-9-12-28-58(50)67-60(52)39-48/h1-39H. The van der Waals surface area contributed by atoms with Gasteiger partial charge in [-0.1, -0.05) is 127 Å². The average molecular weight is 858 g/mol. The number of aromatic nitrogens is 2. The fraction of sp³-hybridized carbons (Fsp3) is 0. The smallest absolute Gasteiger partial charge is 0.137 e. The molecule has 0 radical (unpaired) electrons. The lowest BCUT2D eigenvalue weighted by atomic mass is 9.97. The largest absolute Gasteiger partial charge is 0.456 e. The van der Waals surface area contributed by atoms with Gasteiger partial charge in [-0.15, -0.1) is 0 Å².